The molecule has 0 aromatic heterocycles. The standard InChI is InChI=1S/C23H37BrN3OPS2/c1-16(2)26-20-11-5-6-12-21(20)27(17(3)4)29(26,28)25-22(23-30-13-8-14-31-23)18-9-7-10-19(24)15-18/h7,9-10,15-17,20-23H,5-6,8,11-14H2,1-4H3,(H,25,28)/t20-,21-,22-/m1/s1. The Morgan fingerprint density at radius 3 is 2.10 bits per heavy atom. The Labute approximate surface area is 205 Å². The van der Waals surface area contributed by atoms with Gasteiger partial charge in [-0.25, -0.2) is 14.4 Å². The molecule has 2 heterocycles. The molecule has 0 spiro atoms. The molecule has 31 heavy (non-hydrogen) atoms. The average molecular weight is 547 g/mol. The second kappa shape index (κ2) is 10.4. The lowest BCUT2D eigenvalue weighted by Gasteiger charge is -2.41. The molecule has 1 aliphatic carbocycles. The van der Waals surface area contributed by atoms with E-state index < -0.39 is 7.59 Å². The number of halogens is 1. The summed E-state index contributed by atoms with van der Waals surface area (Å²) in [5.41, 5.74) is 1.23. The highest BCUT2D eigenvalue weighted by molar-refractivity contribution is 9.10. The molecule has 3 fully saturated rings. The zero-order chi connectivity index (χ0) is 22.2. The molecule has 1 N–H and O–H groups in total. The molecule has 2 saturated heterocycles. The highest BCUT2D eigenvalue weighted by Gasteiger charge is 2.57. The molecule has 1 saturated carbocycles. The summed E-state index contributed by atoms with van der Waals surface area (Å²) in [6.45, 7) is 8.90. The number of nitrogens with zero attached hydrogens (tertiary/aromatic N) is 2. The summed E-state index contributed by atoms with van der Waals surface area (Å²) in [7, 11) is -2.94. The molecule has 0 amide bonds. The van der Waals surface area contributed by atoms with Gasteiger partial charge in [0, 0.05) is 28.6 Å². The van der Waals surface area contributed by atoms with Gasteiger partial charge in [-0.1, -0.05) is 40.9 Å². The molecule has 0 radical (unpaired) electrons. The van der Waals surface area contributed by atoms with Gasteiger partial charge in [0.2, 0.25) is 0 Å². The van der Waals surface area contributed by atoms with Gasteiger partial charge in [0.15, 0.2) is 0 Å². The Balaban J connectivity index is 1.75. The minimum Gasteiger partial charge on any atom is -0.270 e. The smallest absolute Gasteiger partial charge is 0.270 e. The largest absolute Gasteiger partial charge is 0.285 e. The number of rotatable bonds is 6. The number of fused-ring (bicyclic) bond motifs is 1. The van der Waals surface area contributed by atoms with Gasteiger partial charge < -0.3 is 0 Å². The van der Waals surface area contributed by atoms with Crippen molar-refractivity contribution in [2.45, 2.75) is 94.6 Å². The van der Waals surface area contributed by atoms with Crippen LogP contribution in [0.2, 0.25) is 0 Å². The third-order valence-corrected chi connectivity index (χ3v) is 13.6. The van der Waals surface area contributed by atoms with Crippen molar-refractivity contribution in [3.05, 3.63) is 34.3 Å². The van der Waals surface area contributed by atoms with Crippen LogP contribution in [0.15, 0.2) is 28.7 Å². The summed E-state index contributed by atoms with van der Waals surface area (Å²) in [6, 6.07) is 9.95. The van der Waals surface area contributed by atoms with Crippen molar-refractivity contribution in [1.82, 2.24) is 14.4 Å². The fourth-order valence-corrected chi connectivity index (χ4v) is 13.1. The molecule has 174 valence electrons. The Morgan fingerprint density at radius 2 is 1.58 bits per heavy atom. The van der Waals surface area contributed by atoms with Crippen LogP contribution in [0, 0.1) is 0 Å². The van der Waals surface area contributed by atoms with E-state index in [4.69, 9.17) is 0 Å². The van der Waals surface area contributed by atoms with Crippen LogP contribution in [0.3, 0.4) is 0 Å². The lowest BCUT2D eigenvalue weighted by atomic mass is 9.89. The maximum absolute atomic E-state index is 15.1. The topological polar surface area (TPSA) is 35.6 Å². The number of nitrogens with one attached hydrogen (secondary N) is 1. The fraction of sp³-hybridized carbons (Fsp3) is 0.739. The average Bonchev–Trinajstić information content (AvgIpc) is 3.01. The Bertz CT molecular complexity index is 777. The lowest BCUT2D eigenvalue weighted by molar-refractivity contribution is 0.173. The Kier molecular flexibility index (Phi) is 8.27. The molecule has 0 unspecified atom stereocenters. The fourth-order valence-electron chi connectivity index (χ4n) is 5.63. The van der Waals surface area contributed by atoms with Crippen LogP contribution in [0.1, 0.15) is 71.4 Å². The zero-order valence-electron chi connectivity index (χ0n) is 19.2. The van der Waals surface area contributed by atoms with Gasteiger partial charge >= 0.3 is 0 Å². The van der Waals surface area contributed by atoms with Gasteiger partial charge in [0.25, 0.3) is 7.59 Å². The Morgan fingerprint density at radius 1 is 1.00 bits per heavy atom. The van der Waals surface area contributed by atoms with E-state index in [2.05, 4.69) is 82.3 Å². The number of hydrogen-bond acceptors (Lipinski definition) is 3. The van der Waals surface area contributed by atoms with Crippen LogP contribution in [0.25, 0.3) is 0 Å². The summed E-state index contributed by atoms with van der Waals surface area (Å²) >= 11 is 7.72. The van der Waals surface area contributed by atoms with Gasteiger partial charge in [-0.05, 0) is 76.2 Å². The quantitative estimate of drug-likeness (QED) is 0.383. The molecule has 1 aromatic rings. The third kappa shape index (κ3) is 4.99. The predicted octanol–water partition coefficient (Wildman–Crippen LogP) is 7.13. The van der Waals surface area contributed by atoms with Crippen LogP contribution in [-0.2, 0) is 4.57 Å². The van der Waals surface area contributed by atoms with Crippen LogP contribution in [0.5, 0.6) is 0 Å². The van der Waals surface area contributed by atoms with Crippen molar-refractivity contribution in [3.8, 4) is 0 Å². The summed E-state index contributed by atoms with van der Waals surface area (Å²) in [5.74, 6) is 2.36. The van der Waals surface area contributed by atoms with Crippen molar-refractivity contribution in [2.24, 2.45) is 0 Å². The minimum absolute atomic E-state index is 0.0567. The zero-order valence-corrected chi connectivity index (χ0v) is 23.3. The number of benzene rings is 1. The monoisotopic (exact) mass is 545 g/mol. The predicted molar refractivity (Wildman–Crippen MR) is 141 cm³/mol. The van der Waals surface area contributed by atoms with E-state index in [-0.39, 0.29) is 18.1 Å². The molecule has 1 aromatic carbocycles. The molecule has 8 heteroatoms. The second-order valence-electron chi connectivity index (χ2n) is 9.54. The molecule has 3 aliphatic rings. The molecule has 0 bridgehead atoms. The van der Waals surface area contributed by atoms with Crippen LogP contribution < -0.4 is 5.09 Å². The van der Waals surface area contributed by atoms with E-state index in [1.54, 1.807) is 0 Å². The van der Waals surface area contributed by atoms with Gasteiger partial charge in [-0.2, -0.15) is 0 Å². The van der Waals surface area contributed by atoms with Gasteiger partial charge in [-0.3, -0.25) is 4.57 Å². The maximum Gasteiger partial charge on any atom is 0.285 e. The normalized spacial score (nSPS) is 28.9. The van der Waals surface area contributed by atoms with Crippen LogP contribution in [0.4, 0.5) is 0 Å². The molecular formula is C23H37BrN3OPS2. The van der Waals surface area contributed by atoms with Crippen molar-refractivity contribution in [1.29, 1.82) is 0 Å². The molecular weight excluding hydrogens is 509 g/mol. The van der Waals surface area contributed by atoms with Crippen molar-refractivity contribution < 1.29 is 4.57 Å². The van der Waals surface area contributed by atoms with E-state index in [0.29, 0.717) is 16.7 Å². The summed E-state index contributed by atoms with van der Waals surface area (Å²) < 4.78 is 21.4. The minimum atomic E-state index is -2.94. The van der Waals surface area contributed by atoms with E-state index >= 15 is 4.57 Å². The SMILES string of the molecule is CC(C)N1[C@@H]2CCCC[C@H]2N(C(C)C)P1(=O)N[C@H](c1cccc(Br)c1)C1SCCCS1. The molecule has 4 nitrogen and oxygen atoms in total. The number of hydrogen-bond donors (Lipinski definition) is 1. The highest BCUT2D eigenvalue weighted by atomic mass is 79.9. The second-order valence-corrected chi connectivity index (χ2v) is 15.5. The number of thioether (sulfide) groups is 2. The van der Waals surface area contributed by atoms with E-state index in [1.165, 1.54) is 36.3 Å². The maximum atomic E-state index is 15.1. The summed E-state index contributed by atoms with van der Waals surface area (Å²) in [6.07, 6.45) is 6.08. The molecule has 3 atom stereocenters. The first-order chi connectivity index (χ1) is 14.8. The van der Waals surface area contributed by atoms with Gasteiger partial charge in [0.05, 0.1) is 10.6 Å². The summed E-state index contributed by atoms with van der Waals surface area (Å²) in [4.78, 5) is 0. The lowest BCUT2D eigenvalue weighted by Crippen LogP contribution is -2.43. The summed E-state index contributed by atoms with van der Waals surface area (Å²) in [5, 5.41) is 3.87. The van der Waals surface area contributed by atoms with Crippen LogP contribution in [-0.4, -0.2) is 49.6 Å². The van der Waals surface area contributed by atoms with E-state index in [9.17, 15) is 0 Å². The van der Waals surface area contributed by atoms with Crippen molar-refractivity contribution >= 4 is 47.0 Å². The molecule has 2 aliphatic heterocycles. The van der Waals surface area contributed by atoms with Crippen molar-refractivity contribution in [2.75, 3.05) is 11.5 Å². The van der Waals surface area contributed by atoms with Crippen LogP contribution >= 0.6 is 47.0 Å². The van der Waals surface area contributed by atoms with Gasteiger partial charge in [0.1, 0.15) is 0 Å². The van der Waals surface area contributed by atoms with Gasteiger partial charge in [-0.15, -0.1) is 23.5 Å². The van der Waals surface area contributed by atoms with E-state index in [0.717, 1.165) is 17.3 Å². The first-order valence-corrected chi connectivity index (χ1v) is 16.3. The molecule has 4 rings (SSSR count). The first kappa shape index (κ1) is 24.6. The third-order valence-electron chi connectivity index (χ3n) is 6.70. The Hall–Kier alpha value is 0.510. The first-order valence-electron chi connectivity index (χ1n) is 11.8. The van der Waals surface area contributed by atoms with E-state index in [1.807, 2.05) is 23.5 Å². The highest BCUT2D eigenvalue weighted by Crippen LogP contribution is 2.64. The van der Waals surface area contributed by atoms with Crippen molar-refractivity contribution in [3.63, 3.8) is 0 Å².